The van der Waals surface area contributed by atoms with Gasteiger partial charge in [0.15, 0.2) is 0 Å². The summed E-state index contributed by atoms with van der Waals surface area (Å²) in [5.41, 5.74) is 0.880. The summed E-state index contributed by atoms with van der Waals surface area (Å²) in [5.74, 6) is 1.52. The van der Waals surface area contributed by atoms with Crippen LogP contribution in [0.4, 0.5) is 0 Å². The molecule has 1 aromatic carbocycles. The monoisotopic (exact) mass is 221 g/mol. The van der Waals surface area contributed by atoms with Gasteiger partial charge in [0.1, 0.15) is 5.75 Å². The van der Waals surface area contributed by atoms with E-state index in [4.69, 9.17) is 21.6 Å². The molecule has 0 aromatic heterocycles. The van der Waals surface area contributed by atoms with Gasteiger partial charge >= 0.3 is 0 Å². The highest BCUT2D eigenvalue weighted by Crippen LogP contribution is 2.31. The van der Waals surface area contributed by atoms with E-state index in [-0.39, 0.29) is 0 Å². The normalized spacial score (nSPS) is 14.7. The van der Waals surface area contributed by atoms with Crippen molar-refractivity contribution in [3.8, 4) is 11.8 Å². The lowest BCUT2D eigenvalue weighted by Gasteiger charge is -2.09. The van der Waals surface area contributed by atoms with Crippen molar-refractivity contribution < 1.29 is 4.74 Å². The first-order valence-electron chi connectivity index (χ1n) is 5.08. The van der Waals surface area contributed by atoms with Crippen LogP contribution in [0.15, 0.2) is 18.2 Å². The second kappa shape index (κ2) is 4.55. The first-order valence-corrected chi connectivity index (χ1v) is 5.45. The molecule has 1 fully saturated rings. The van der Waals surface area contributed by atoms with Crippen molar-refractivity contribution in [1.82, 2.24) is 0 Å². The van der Waals surface area contributed by atoms with Crippen LogP contribution >= 0.6 is 11.6 Å². The van der Waals surface area contributed by atoms with E-state index in [1.807, 2.05) is 6.07 Å². The van der Waals surface area contributed by atoms with Crippen LogP contribution in [-0.2, 0) is 6.42 Å². The Morgan fingerprint density at radius 1 is 1.47 bits per heavy atom. The van der Waals surface area contributed by atoms with Gasteiger partial charge in [-0.1, -0.05) is 11.6 Å². The largest absolute Gasteiger partial charge is 0.493 e. The number of ether oxygens (including phenoxy) is 1. The van der Waals surface area contributed by atoms with Gasteiger partial charge < -0.3 is 4.74 Å². The number of benzene rings is 1. The number of nitrogens with zero attached hydrogens (tertiary/aromatic N) is 1. The predicted molar refractivity (Wildman–Crippen MR) is 59.0 cm³/mol. The molecule has 78 valence electrons. The van der Waals surface area contributed by atoms with E-state index < -0.39 is 0 Å². The standard InChI is InChI=1S/C12H12ClNO/c13-11-3-4-12(10(7-11)5-6-14)15-8-9-1-2-9/h3-4,7,9H,1-2,5,8H2. The Balaban J connectivity index is 2.09. The zero-order valence-electron chi connectivity index (χ0n) is 8.37. The average molecular weight is 222 g/mol. The Bertz CT molecular complexity index is 393. The van der Waals surface area contributed by atoms with Gasteiger partial charge in [-0.25, -0.2) is 0 Å². The minimum absolute atomic E-state index is 0.348. The molecule has 0 saturated heterocycles. The van der Waals surface area contributed by atoms with Gasteiger partial charge in [-0.15, -0.1) is 0 Å². The second-order valence-electron chi connectivity index (χ2n) is 3.84. The molecule has 0 N–H and O–H groups in total. The first-order chi connectivity index (χ1) is 7.29. The number of hydrogen-bond donors (Lipinski definition) is 0. The summed E-state index contributed by atoms with van der Waals surface area (Å²) in [4.78, 5) is 0. The van der Waals surface area contributed by atoms with Crippen LogP contribution in [0.3, 0.4) is 0 Å². The third-order valence-corrected chi connectivity index (χ3v) is 2.70. The van der Waals surface area contributed by atoms with Crippen LogP contribution in [-0.4, -0.2) is 6.61 Å². The maximum Gasteiger partial charge on any atom is 0.123 e. The topological polar surface area (TPSA) is 33.0 Å². The fourth-order valence-electron chi connectivity index (χ4n) is 1.40. The minimum atomic E-state index is 0.348. The summed E-state index contributed by atoms with van der Waals surface area (Å²) in [6.45, 7) is 0.764. The van der Waals surface area contributed by atoms with Crippen LogP contribution in [0.5, 0.6) is 5.75 Å². The van der Waals surface area contributed by atoms with E-state index in [2.05, 4.69) is 6.07 Å². The van der Waals surface area contributed by atoms with E-state index >= 15 is 0 Å². The number of halogens is 1. The molecule has 0 bridgehead atoms. The molecule has 1 aliphatic carbocycles. The fraction of sp³-hybridized carbons (Fsp3) is 0.417. The van der Waals surface area contributed by atoms with Gasteiger partial charge in [-0.3, -0.25) is 0 Å². The predicted octanol–water partition coefficient (Wildman–Crippen LogP) is 3.19. The van der Waals surface area contributed by atoms with E-state index in [9.17, 15) is 0 Å². The molecule has 0 spiro atoms. The summed E-state index contributed by atoms with van der Waals surface area (Å²) in [6, 6.07) is 7.56. The molecular weight excluding hydrogens is 210 g/mol. The van der Waals surface area contributed by atoms with Gasteiger partial charge in [-0.05, 0) is 37.0 Å². The van der Waals surface area contributed by atoms with Gasteiger partial charge in [0.05, 0.1) is 19.1 Å². The quantitative estimate of drug-likeness (QED) is 0.782. The van der Waals surface area contributed by atoms with Crippen molar-refractivity contribution in [1.29, 1.82) is 5.26 Å². The number of nitriles is 1. The molecule has 0 heterocycles. The average Bonchev–Trinajstić information content (AvgIpc) is 3.01. The highest BCUT2D eigenvalue weighted by atomic mass is 35.5. The van der Waals surface area contributed by atoms with Gasteiger partial charge in [0, 0.05) is 10.6 Å². The van der Waals surface area contributed by atoms with E-state index in [0.717, 1.165) is 23.8 Å². The molecule has 0 unspecified atom stereocenters. The van der Waals surface area contributed by atoms with Crippen LogP contribution in [0.2, 0.25) is 5.02 Å². The fourth-order valence-corrected chi connectivity index (χ4v) is 1.60. The molecule has 2 rings (SSSR count). The lowest BCUT2D eigenvalue weighted by molar-refractivity contribution is 0.297. The van der Waals surface area contributed by atoms with Crippen LogP contribution < -0.4 is 4.74 Å². The summed E-state index contributed by atoms with van der Waals surface area (Å²) < 4.78 is 5.66. The van der Waals surface area contributed by atoms with Crippen LogP contribution in [0.1, 0.15) is 18.4 Å². The van der Waals surface area contributed by atoms with Gasteiger partial charge in [0.25, 0.3) is 0 Å². The molecule has 0 amide bonds. The number of rotatable bonds is 4. The van der Waals surface area contributed by atoms with Crippen molar-refractivity contribution in [2.45, 2.75) is 19.3 Å². The third kappa shape index (κ3) is 2.87. The molecule has 1 aliphatic rings. The molecule has 15 heavy (non-hydrogen) atoms. The van der Waals surface area contributed by atoms with E-state index in [1.165, 1.54) is 12.8 Å². The van der Waals surface area contributed by atoms with Crippen molar-refractivity contribution in [3.63, 3.8) is 0 Å². The second-order valence-corrected chi connectivity index (χ2v) is 4.28. The van der Waals surface area contributed by atoms with Crippen molar-refractivity contribution in [2.24, 2.45) is 5.92 Å². The zero-order valence-corrected chi connectivity index (χ0v) is 9.13. The summed E-state index contributed by atoms with van der Waals surface area (Å²) >= 11 is 5.86. The molecule has 1 aromatic rings. The van der Waals surface area contributed by atoms with Gasteiger partial charge in [0.2, 0.25) is 0 Å². The lowest BCUT2D eigenvalue weighted by atomic mass is 10.1. The van der Waals surface area contributed by atoms with Crippen LogP contribution in [0.25, 0.3) is 0 Å². The Labute approximate surface area is 94.4 Å². The van der Waals surface area contributed by atoms with Crippen LogP contribution in [0, 0.1) is 17.2 Å². The van der Waals surface area contributed by atoms with Crippen molar-refractivity contribution in [2.75, 3.05) is 6.61 Å². The maximum absolute atomic E-state index is 8.68. The molecule has 0 radical (unpaired) electrons. The Hall–Kier alpha value is -1.20. The Morgan fingerprint density at radius 3 is 2.93 bits per heavy atom. The molecule has 3 heteroatoms. The highest BCUT2D eigenvalue weighted by molar-refractivity contribution is 6.30. The molecule has 1 saturated carbocycles. The zero-order chi connectivity index (χ0) is 10.7. The molecule has 0 atom stereocenters. The minimum Gasteiger partial charge on any atom is -0.493 e. The smallest absolute Gasteiger partial charge is 0.123 e. The lowest BCUT2D eigenvalue weighted by Crippen LogP contribution is -2.01. The maximum atomic E-state index is 8.68. The van der Waals surface area contributed by atoms with E-state index in [0.29, 0.717) is 11.4 Å². The first kappa shape index (κ1) is 10.3. The highest BCUT2D eigenvalue weighted by Gasteiger charge is 2.22. The summed E-state index contributed by atoms with van der Waals surface area (Å²) in [7, 11) is 0. The Morgan fingerprint density at radius 2 is 2.27 bits per heavy atom. The summed E-state index contributed by atoms with van der Waals surface area (Å²) in [5, 5.41) is 9.33. The SMILES string of the molecule is N#CCc1cc(Cl)ccc1OCC1CC1. The molecule has 0 aliphatic heterocycles. The van der Waals surface area contributed by atoms with Gasteiger partial charge in [-0.2, -0.15) is 5.26 Å². The molecular formula is C12H12ClNO. The van der Waals surface area contributed by atoms with E-state index in [1.54, 1.807) is 12.1 Å². The summed E-state index contributed by atoms with van der Waals surface area (Å²) in [6.07, 6.45) is 2.88. The third-order valence-electron chi connectivity index (χ3n) is 2.46. The number of hydrogen-bond acceptors (Lipinski definition) is 2. The van der Waals surface area contributed by atoms with Crippen molar-refractivity contribution in [3.05, 3.63) is 28.8 Å². The van der Waals surface area contributed by atoms with Crippen molar-refractivity contribution >= 4 is 11.6 Å². The molecule has 2 nitrogen and oxygen atoms in total. The Kier molecular flexibility index (Phi) is 3.13.